The molecule has 0 N–H and O–H groups in total. The van der Waals surface area contributed by atoms with Gasteiger partial charge in [-0.1, -0.05) is 20.8 Å². The fourth-order valence-electron chi connectivity index (χ4n) is 1.02. The number of halogens is 1. The lowest BCUT2D eigenvalue weighted by Gasteiger charge is -2.18. The highest BCUT2D eigenvalue weighted by molar-refractivity contribution is 9.10. The van der Waals surface area contributed by atoms with Crippen molar-refractivity contribution in [3.8, 4) is 5.88 Å². The van der Waals surface area contributed by atoms with Crippen molar-refractivity contribution in [3.63, 3.8) is 0 Å². The van der Waals surface area contributed by atoms with Crippen molar-refractivity contribution in [1.82, 2.24) is 9.97 Å². The minimum absolute atomic E-state index is 0.0443. The van der Waals surface area contributed by atoms with Crippen LogP contribution in [-0.4, -0.2) is 19.0 Å². The monoisotopic (exact) mass is 288 g/mol. The Balaban J connectivity index is 3.06. The molecular formula is C10H17BrN2OSi. The first kappa shape index (κ1) is 12.6. The molecule has 0 spiro atoms. The maximum Gasteiger partial charge on any atom is 0.231 e. The molecule has 0 aliphatic heterocycles. The highest BCUT2D eigenvalue weighted by atomic mass is 79.9. The van der Waals surface area contributed by atoms with Crippen LogP contribution in [0.2, 0.25) is 13.1 Å². The Bertz CT molecular complexity index is 350. The normalized spacial score (nSPS) is 11.9. The summed E-state index contributed by atoms with van der Waals surface area (Å²) in [5, 5.41) is 0. The van der Waals surface area contributed by atoms with Gasteiger partial charge in [0.25, 0.3) is 0 Å². The fourth-order valence-corrected chi connectivity index (χ4v) is 2.10. The van der Waals surface area contributed by atoms with Crippen molar-refractivity contribution in [3.05, 3.63) is 16.5 Å². The molecule has 1 aromatic heterocycles. The summed E-state index contributed by atoms with van der Waals surface area (Å²) in [6.07, 6.45) is 1.76. The smallest absolute Gasteiger partial charge is 0.231 e. The van der Waals surface area contributed by atoms with Gasteiger partial charge >= 0.3 is 0 Å². The van der Waals surface area contributed by atoms with Crippen LogP contribution in [0.25, 0.3) is 0 Å². The van der Waals surface area contributed by atoms with Gasteiger partial charge in [-0.2, -0.15) is 4.98 Å². The molecule has 3 nitrogen and oxygen atoms in total. The minimum atomic E-state index is -1.12. The summed E-state index contributed by atoms with van der Waals surface area (Å²) in [7, 11) is -1.12. The highest BCUT2D eigenvalue weighted by Crippen LogP contribution is 2.26. The summed E-state index contributed by atoms with van der Waals surface area (Å²) in [6.45, 7) is 10.5. The molecule has 0 amide bonds. The lowest BCUT2D eigenvalue weighted by atomic mass is 9.96. The van der Waals surface area contributed by atoms with E-state index in [9.17, 15) is 0 Å². The Labute approximate surface area is 101 Å². The molecular weight excluding hydrogens is 272 g/mol. The Kier molecular flexibility index (Phi) is 3.89. The summed E-state index contributed by atoms with van der Waals surface area (Å²) in [6, 6.07) is 0. The van der Waals surface area contributed by atoms with Gasteiger partial charge in [-0.25, -0.2) is 4.98 Å². The third kappa shape index (κ3) is 3.57. The first-order valence-corrected chi connectivity index (χ1v) is 8.58. The van der Waals surface area contributed by atoms with Gasteiger partial charge in [0.05, 0.1) is 4.47 Å². The Hall–Kier alpha value is -0.423. The van der Waals surface area contributed by atoms with Gasteiger partial charge < -0.3 is 4.43 Å². The fraction of sp³-hybridized carbons (Fsp3) is 0.600. The molecule has 1 heterocycles. The van der Waals surface area contributed by atoms with Crippen LogP contribution in [0.3, 0.4) is 0 Å². The first-order chi connectivity index (χ1) is 6.80. The quantitative estimate of drug-likeness (QED) is 0.785. The topological polar surface area (TPSA) is 35.0 Å². The summed E-state index contributed by atoms with van der Waals surface area (Å²) in [5.74, 6) is 1.49. The van der Waals surface area contributed by atoms with E-state index in [-0.39, 0.29) is 5.41 Å². The second kappa shape index (κ2) is 4.61. The zero-order valence-corrected chi connectivity index (χ0v) is 12.6. The number of nitrogens with zero attached hydrogens (tertiary/aromatic N) is 2. The average molecular weight is 289 g/mol. The van der Waals surface area contributed by atoms with Crippen molar-refractivity contribution < 1.29 is 4.43 Å². The molecule has 0 saturated carbocycles. The van der Waals surface area contributed by atoms with Gasteiger partial charge in [-0.15, -0.1) is 0 Å². The molecule has 0 fully saturated rings. The Morgan fingerprint density at radius 2 is 1.93 bits per heavy atom. The molecule has 0 unspecified atom stereocenters. The summed E-state index contributed by atoms with van der Waals surface area (Å²) >= 11 is 3.40. The highest BCUT2D eigenvalue weighted by Gasteiger charge is 2.19. The van der Waals surface area contributed by atoms with Crippen LogP contribution in [0.1, 0.15) is 26.6 Å². The van der Waals surface area contributed by atoms with E-state index in [0.717, 1.165) is 10.3 Å². The standard InChI is InChI=1S/C10H17BrN2OSi/c1-10(2,3)9-12-6-7(11)8(13-9)14-15(4)5/h6,15H,1-5H3. The molecule has 0 aromatic carbocycles. The summed E-state index contributed by atoms with van der Waals surface area (Å²) < 4.78 is 6.55. The van der Waals surface area contributed by atoms with E-state index in [1.165, 1.54) is 0 Å². The van der Waals surface area contributed by atoms with E-state index < -0.39 is 9.04 Å². The van der Waals surface area contributed by atoms with Crippen molar-refractivity contribution in [2.45, 2.75) is 39.3 Å². The third-order valence-corrected chi connectivity index (χ3v) is 2.97. The lowest BCUT2D eigenvalue weighted by Crippen LogP contribution is -2.19. The maximum atomic E-state index is 5.72. The van der Waals surface area contributed by atoms with Gasteiger partial charge in [0.15, 0.2) is 0 Å². The summed E-state index contributed by atoms with van der Waals surface area (Å²) in [4.78, 5) is 8.73. The maximum absolute atomic E-state index is 5.72. The predicted octanol–water partition coefficient (Wildman–Crippen LogP) is 2.90. The van der Waals surface area contributed by atoms with Crippen LogP contribution in [0.5, 0.6) is 5.88 Å². The summed E-state index contributed by atoms with van der Waals surface area (Å²) in [5.41, 5.74) is -0.0443. The van der Waals surface area contributed by atoms with E-state index >= 15 is 0 Å². The molecule has 84 valence electrons. The molecule has 0 radical (unpaired) electrons. The molecule has 0 bridgehead atoms. The minimum Gasteiger partial charge on any atom is -0.533 e. The molecule has 1 aromatic rings. The molecule has 0 aliphatic rings. The van der Waals surface area contributed by atoms with E-state index in [1.54, 1.807) is 6.20 Å². The molecule has 0 aliphatic carbocycles. The van der Waals surface area contributed by atoms with Gasteiger partial charge in [0.1, 0.15) is 5.82 Å². The molecule has 5 heteroatoms. The second-order valence-corrected chi connectivity index (χ2v) is 7.95. The first-order valence-electron chi connectivity index (χ1n) is 5.00. The zero-order valence-electron chi connectivity index (χ0n) is 9.84. The van der Waals surface area contributed by atoms with Crippen LogP contribution in [0.15, 0.2) is 10.7 Å². The predicted molar refractivity (Wildman–Crippen MR) is 67.9 cm³/mol. The van der Waals surface area contributed by atoms with Gasteiger partial charge in [-0.3, -0.25) is 0 Å². The van der Waals surface area contributed by atoms with E-state index in [4.69, 9.17) is 4.43 Å². The van der Waals surface area contributed by atoms with Gasteiger partial charge in [-0.05, 0) is 29.0 Å². The van der Waals surface area contributed by atoms with Crippen molar-refractivity contribution in [2.24, 2.45) is 0 Å². The van der Waals surface area contributed by atoms with Crippen LogP contribution in [-0.2, 0) is 5.41 Å². The number of aromatic nitrogens is 2. The van der Waals surface area contributed by atoms with Gasteiger partial charge in [0.2, 0.25) is 14.9 Å². The molecule has 1 rings (SSSR count). The molecule has 0 saturated heterocycles. The third-order valence-electron chi connectivity index (χ3n) is 1.73. The second-order valence-electron chi connectivity index (χ2n) is 4.76. The van der Waals surface area contributed by atoms with E-state index in [1.807, 2.05) is 0 Å². The number of hydrogen-bond donors (Lipinski definition) is 0. The average Bonchev–Trinajstić information content (AvgIpc) is 2.06. The SMILES string of the molecule is C[SiH](C)Oc1nc(C(C)(C)C)ncc1Br. The van der Waals surface area contributed by atoms with E-state index in [0.29, 0.717) is 5.88 Å². The van der Waals surface area contributed by atoms with Crippen LogP contribution in [0.4, 0.5) is 0 Å². The molecule has 0 atom stereocenters. The Morgan fingerprint density at radius 3 is 2.40 bits per heavy atom. The van der Waals surface area contributed by atoms with Crippen molar-refractivity contribution in [1.29, 1.82) is 0 Å². The van der Waals surface area contributed by atoms with Crippen LogP contribution in [0, 0.1) is 0 Å². The zero-order chi connectivity index (χ0) is 11.6. The Morgan fingerprint density at radius 1 is 1.33 bits per heavy atom. The number of rotatable bonds is 2. The largest absolute Gasteiger partial charge is 0.533 e. The van der Waals surface area contributed by atoms with Crippen LogP contribution < -0.4 is 4.43 Å². The van der Waals surface area contributed by atoms with E-state index in [2.05, 4.69) is 59.8 Å². The van der Waals surface area contributed by atoms with Crippen molar-refractivity contribution in [2.75, 3.05) is 0 Å². The van der Waals surface area contributed by atoms with Crippen LogP contribution >= 0.6 is 15.9 Å². The van der Waals surface area contributed by atoms with Crippen molar-refractivity contribution >= 4 is 25.0 Å². The number of hydrogen-bond acceptors (Lipinski definition) is 3. The lowest BCUT2D eigenvalue weighted by molar-refractivity contribution is 0.501. The molecule has 15 heavy (non-hydrogen) atoms. The van der Waals surface area contributed by atoms with Gasteiger partial charge in [0, 0.05) is 11.6 Å².